The van der Waals surface area contributed by atoms with E-state index in [2.05, 4.69) is 30.1 Å². The Morgan fingerprint density at radius 2 is 2.25 bits per heavy atom. The Morgan fingerprint density at radius 3 is 2.92 bits per heavy atom. The molecule has 0 radical (unpaired) electrons. The lowest BCUT2D eigenvalue weighted by molar-refractivity contribution is 0.0708. The molecule has 6 heteroatoms. The first kappa shape index (κ1) is 17.1. The number of hydrogen-bond acceptors (Lipinski definition) is 4. The number of nitrogens with zero attached hydrogens (tertiary/aromatic N) is 4. The lowest BCUT2D eigenvalue weighted by atomic mass is 9.97. The Hall–Kier alpha value is -1.69. The lowest BCUT2D eigenvalue weighted by Gasteiger charge is -2.31. The molecule has 0 saturated carbocycles. The Bertz CT molecular complexity index is 706. The van der Waals surface area contributed by atoms with Crippen LogP contribution in [-0.4, -0.2) is 38.7 Å². The molecule has 1 aliphatic heterocycles. The summed E-state index contributed by atoms with van der Waals surface area (Å²) in [5.41, 5.74) is 1.34. The van der Waals surface area contributed by atoms with E-state index in [0.717, 1.165) is 55.9 Å². The average molecular weight is 347 g/mol. The van der Waals surface area contributed by atoms with Gasteiger partial charge in [0.1, 0.15) is 12.2 Å². The molecular formula is C18H26N4OS. The van der Waals surface area contributed by atoms with Gasteiger partial charge in [0, 0.05) is 30.9 Å². The van der Waals surface area contributed by atoms with E-state index in [1.807, 2.05) is 16.5 Å². The highest BCUT2D eigenvalue weighted by molar-refractivity contribution is 7.14. The molecule has 1 saturated heterocycles. The first-order valence-corrected chi connectivity index (χ1v) is 9.70. The third kappa shape index (κ3) is 3.38. The third-order valence-corrected chi connectivity index (χ3v) is 6.01. The number of rotatable bonds is 5. The van der Waals surface area contributed by atoms with Crippen molar-refractivity contribution in [1.82, 2.24) is 19.7 Å². The maximum Gasteiger partial charge on any atom is 0.263 e. The van der Waals surface area contributed by atoms with Crippen LogP contribution in [0.15, 0.2) is 12.4 Å². The number of likely N-dealkylation sites (tertiary alicyclic amines) is 1. The summed E-state index contributed by atoms with van der Waals surface area (Å²) in [6, 6.07) is 2.12. The van der Waals surface area contributed by atoms with Gasteiger partial charge in [-0.25, -0.2) is 0 Å². The van der Waals surface area contributed by atoms with Crippen molar-refractivity contribution in [3.8, 4) is 0 Å². The van der Waals surface area contributed by atoms with E-state index in [1.54, 1.807) is 17.7 Å². The summed E-state index contributed by atoms with van der Waals surface area (Å²) in [6.45, 7) is 5.95. The van der Waals surface area contributed by atoms with Crippen LogP contribution in [0.25, 0.3) is 0 Å². The maximum atomic E-state index is 13.0. The fourth-order valence-electron chi connectivity index (χ4n) is 3.50. The van der Waals surface area contributed by atoms with Crippen molar-refractivity contribution in [1.29, 1.82) is 0 Å². The standard InChI is InChI=1S/C18H26N4OS/c1-4-7-15-13(5-2)10-16(24-15)18(23)22-9-6-8-14(11-22)17-20-19-12-21(17)3/h10,12,14H,4-9,11H2,1-3H3/t14-/m0/s1. The number of thiophene rings is 1. The third-order valence-electron chi connectivity index (χ3n) is 4.79. The van der Waals surface area contributed by atoms with Crippen LogP contribution in [0.5, 0.6) is 0 Å². The lowest BCUT2D eigenvalue weighted by Crippen LogP contribution is -2.39. The molecule has 24 heavy (non-hydrogen) atoms. The molecule has 2 aromatic rings. The van der Waals surface area contributed by atoms with Crippen LogP contribution < -0.4 is 0 Å². The van der Waals surface area contributed by atoms with Crippen molar-refractivity contribution < 1.29 is 4.79 Å². The first-order valence-electron chi connectivity index (χ1n) is 8.88. The predicted molar refractivity (Wildman–Crippen MR) is 96.6 cm³/mol. The summed E-state index contributed by atoms with van der Waals surface area (Å²) >= 11 is 1.69. The van der Waals surface area contributed by atoms with Gasteiger partial charge in [-0.2, -0.15) is 0 Å². The van der Waals surface area contributed by atoms with Gasteiger partial charge in [0.15, 0.2) is 0 Å². The normalized spacial score (nSPS) is 18.1. The van der Waals surface area contributed by atoms with Gasteiger partial charge >= 0.3 is 0 Å². The number of amides is 1. The minimum Gasteiger partial charge on any atom is -0.337 e. The summed E-state index contributed by atoms with van der Waals surface area (Å²) in [6.07, 6.45) is 7.03. The van der Waals surface area contributed by atoms with Crippen molar-refractivity contribution in [3.63, 3.8) is 0 Å². The van der Waals surface area contributed by atoms with E-state index in [9.17, 15) is 4.79 Å². The number of hydrogen-bond donors (Lipinski definition) is 0. The largest absolute Gasteiger partial charge is 0.337 e. The van der Waals surface area contributed by atoms with E-state index in [-0.39, 0.29) is 11.8 Å². The molecule has 0 unspecified atom stereocenters. The molecule has 130 valence electrons. The first-order chi connectivity index (χ1) is 11.6. The second-order valence-electron chi connectivity index (χ2n) is 6.55. The van der Waals surface area contributed by atoms with Crippen molar-refractivity contribution >= 4 is 17.2 Å². The van der Waals surface area contributed by atoms with Crippen LogP contribution in [0, 0.1) is 0 Å². The highest BCUT2D eigenvalue weighted by Gasteiger charge is 2.29. The van der Waals surface area contributed by atoms with Crippen LogP contribution in [0.1, 0.15) is 65.0 Å². The van der Waals surface area contributed by atoms with Gasteiger partial charge < -0.3 is 9.47 Å². The zero-order valence-electron chi connectivity index (χ0n) is 14.8. The van der Waals surface area contributed by atoms with Gasteiger partial charge in [0.2, 0.25) is 0 Å². The molecule has 0 N–H and O–H groups in total. The smallest absolute Gasteiger partial charge is 0.263 e. The molecule has 0 spiro atoms. The number of piperidine rings is 1. The maximum absolute atomic E-state index is 13.0. The van der Waals surface area contributed by atoms with Crippen molar-refractivity contribution in [2.45, 2.75) is 51.9 Å². The summed E-state index contributed by atoms with van der Waals surface area (Å²) in [7, 11) is 1.97. The Morgan fingerprint density at radius 1 is 1.42 bits per heavy atom. The summed E-state index contributed by atoms with van der Waals surface area (Å²) in [5, 5.41) is 8.22. The van der Waals surface area contributed by atoms with Gasteiger partial charge in [0.25, 0.3) is 5.91 Å². The highest BCUT2D eigenvalue weighted by atomic mass is 32.1. The van der Waals surface area contributed by atoms with Crippen LogP contribution in [-0.2, 0) is 19.9 Å². The van der Waals surface area contributed by atoms with Crippen LogP contribution >= 0.6 is 11.3 Å². The molecule has 1 amide bonds. The highest BCUT2D eigenvalue weighted by Crippen LogP contribution is 2.29. The van der Waals surface area contributed by atoms with E-state index in [0.29, 0.717) is 0 Å². The quantitative estimate of drug-likeness (QED) is 0.833. The van der Waals surface area contributed by atoms with E-state index in [1.165, 1.54) is 10.4 Å². The topological polar surface area (TPSA) is 51.0 Å². The Kier molecular flexibility index (Phi) is 5.33. The molecule has 1 atom stereocenters. The van der Waals surface area contributed by atoms with Gasteiger partial charge in [-0.1, -0.05) is 20.3 Å². The number of aromatic nitrogens is 3. The number of carbonyl (C=O) groups is 1. The fraction of sp³-hybridized carbons (Fsp3) is 0.611. The van der Waals surface area contributed by atoms with Gasteiger partial charge in [0.05, 0.1) is 4.88 Å². The molecule has 0 aromatic carbocycles. The second kappa shape index (κ2) is 7.47. The SMILES string of the molecule is CCCc1sc(C(=O)N2CCC[C@H](c3nncn3C)C2)cc1CC. The van der Waals surface area contributed by atoms with Crippen LogP contribution in [0.4, 0.5) is 0 Å². The molecule has 3 heterocycles. The van der Waals surface area contributed by atoms with Gasteiger partial charge in [-0.15, -0.1) is 21.5 Å². The number of aryl methyl sites for hydroxylation is 3. The zero-order chi connectivity index (χ0) is 17.1. The summed E-state index contributed by atoms with van der Waals surface area (Å²) in [5.74, 6) is 1.46. The van der Waals surface area contributed by atoms with Gasteiger partial charge in [-0.05, 0) is 37.3 Å². The van der Waals surface area contributed by atoms with E-state index >= 15 is 0 Å². The number of carbonyl (C=O) groups excluding carboxylic acids is 1. The Labute approximate surface area is 147 Å². The predicted octanol–water partition coefficient (Wildman–Crippen LogP) is 3.41. The minimum atomic E-state index is 0.184. The monoisotopic (exact) mass is 346 g/mol. The van der Waals surface area contributed by atoms with Gasteiger partial charge in [-0.3, -0.25) is 4.79 Å². The molecule has 5 nitrogen and oxygen atoms in total. The minimum absolute atomic E-state index is 0.184. The summed E-state index contributed by atoms with van der Waals surface area (Å²) in [4.78, 5) is 17.3. The van der Waals surface area contributed by atoms with Crippen LogP contribution in [0.3, 0.4) is 0 Å². The van der Waals surface area contributed by atoms with Crippen LogP contribution in [0.2, 0.25) is 0 Å². The average Bonchev–Trinajstić information content (AvgIpc) is 3.21. The fourth-order valence-corrected chi connectivity index (χ4v) is 4.82. The molecule has 3 rings (SSSR count). The molecule has 1 aliphatic rings. The molecule has 2 aromatic heterocycles. The van der Waals surface area contributed by atoms with Crippen molar-refractivity contribution in [3.05, 3.63) is 33.5 Å². The molecular weight excluding hydrogens is 320 g/mol. The van der Waals surface area contributed by atoms with Crippen molar-refractivity contribution in [2.75, 3.05) is 13.1 Å². The zero-order valence-corrected chi connectivity index (χ0v) is 15.6. The molecule has 0 bridgehead atoms. The van der Waals surface area contributed by atoms with Crippen molar-refractivity contribution in [2.24, 2.45) is 7.05 Å². The van der Waals surface area contributed by atoms with E-state index < -0.39 is 0 Å². The molecule has 0 aliphatic carbocycles. The summed E-state index contributed by atoms with van der Waals surface area (Å²) < 4.78 is 1.97. The molecule has 1 fully saturated rings. The Balaban J connectivity index is 1.76. The van der Waals surface area contributed by atoms with E-state index in [4.69, 9.17) is 0 Å². The second-order valence-corrected chi connectivity index (χ2v) is 7.69.